The lowest BCUT2D eigenvalue weighted by Crippen LogP contribution is -2.28. The molecular formula is C12H18N2O2S2. The highest BCUT2D eigenvalue weighted by Crippen LogP contribution is 2.16. The molecule has 0 bridgehead atoms. The van der Waals surface area contributed by atoms with Crippen molar-refractivity contribution in [2.45, 2.75) is 19.9 Å². The van der Waals surface area contributed by atoms with E-state index in [1.54, 1.807) is 7.05 Å². The van der Waals surface area contributed by atoms with Crippen molar-refractivity contribution < 1.29 is 8.42 Å². The van der Waals surface area contributed by atoms with Gasteiger partial charge in [-0.3, -0.25) is 0 Å². The Morgan fingerprint density at radius 1 is 1.50 bits per heavy atom. The molecule has 0 aliphatic carbocycles. The van der Waals surface area contributed by atoms with Gasteiger partial charge in [0.25, 0.3) is 0 Å². The van der Waals surface area contributed by atoms with E-state index in [9.17, 15) is 8.42 Å². The van der Waals surface area contributed by atoms with Crippen LogP contribution in [-0.4, -0.2) is 32.1 Å². The molecule has 1 heterocycles. The van der Waals surface area contributed by atoms with Gasteiger partial charge in [-0.15, -0.1) is 11.3 Å². The third-order valence-electron chi connectivity index (χ3n) is 2.31. The Balaban J connectivity index is 2.71. The Morgan fingerprint density at radius 2 is 2.22 bits per heavy atom. The van der Waals surface area contributed by atoms with Crippen molar-refractivity contribution in [3.63, 3.8) is 0 Å². The van der Waals surface area contributed by atoms with Crippen molar-refractivity contribution in [1.82, 2.24) is 4.31 Å². The predicted octanol–water partition coefficient (Wildman–Crippen LogP) is 1.23. The van der Waals surface area contributed by atoms with Crippen molar-refractivity contribution in [3.8, 4) is 11.8 Å². The van der Waals surface area contributed by atoms with Crippen molar-refractivity contribution in [1.29, 1.82) is 0 Å². The molecule has 18 heavy (non-hydrogen) atoms. The number of nitrogens with zero attached hydrogens (tertiary/aromatic N) is 1. The summed E-state index contributed by atoms with van der Waals surface area (Å²) in [4.78, 5) is 0.914. The van der Waals surface area contributed by atoms with Gasteiger partial charge >= 0.3 is 0 Å². The maximum Gasteiger partial charge on any atom is 0.214 e. The van der Waals surface area contributed by atoms with Crippen LogP contribution in [0.25, 0.3) is 0 Å². The summed E-state index contributed by atoms with van der Waals surface area (Å²) in [5.41, 5.74) is 6.26. The number of sulfonamides is 1. The maximum atomic E-state index is 11.8. The average molecular weight is 286 g/mol. The van der Waals surface area contributed by atoms with Gasteiger partial charge in [0.1, 0.15) is 0 Å². The number of rotatable bonds is 5. The summed E-state index contributed by atoms with van der Waals surface area (Å²) in [6.45, 7) is 2.58. The summed E-state index contributed by atoms with van der Waals surface area (Å²) >= 11 is 1.50. The lowest BCUT2D eigenvalue weighted by molar-refractivity contribution is 0.466. The Morgan fingerprint density at radius 3 is 2.83 bits per heavy atom. The molecular weight excluding hydrogens is 268 g/mol. The van der Waals surface area contributed by atoms with Crippen LogP contribution in [0.3, 0.4) is 0 Å². The van der Waals surface area contributed by atoms with Crippen LogP contribution in [0.5, 0.6) is 0 Å². The Kier molecular flexibility index (Phi) is 5.82. The topological polar surface area (TPSA) is 63.4 Å². The van der Waals surface area contributed by atoms with E-state index in [1.807, 2.05) is 18.4 Å². The van der Waals surface area contributed by atoms with Crippen LogP contribution >= 0.6 is 11.3 Å². The molecule has 0 aliphatic rings. The molecule has 0 amide bonds. The summed E-state index contributed by atoms with van der Waals surface area (Å²) in [6.07, 6.45) is 0.629. The standard InChI is InChI=1S/C12H18N2O2S2/c1-3-7-18(15,16)14(2)9-11-8-12(17-10-11)5-4-6-13/h8,10H,3,6-7,9,13H2,1-2H3. The van der Waals surface area contributed by atoms with E-state index < -0.39 is 10.0 Å². The summed E-state index contributed by atoms with van der Waals surface area (Å²) in [5.74, 6) is 5.90. The lowest BCUT2D eigenvalue weighted by atomic mass is 10.3. The van der Waals surface area contributed by atoms with Gasteiger partial charge in [-0.2, -0.15) is 0 Å². The normalized spacial score (nSPS) is 11.3. The molecule has 1 aromatic rings. The molecule has 0 spiro atoms. The molecule has 6 heteroatoms. The third-order valence-corrected chi connectivity index (χ3v) is 5.21. The number of hydrogen-bond donors (Lipinski definition) is 1. The molecule has 0 atom stereocenters. The highest BCUT2D eigenvalue weighted by Gasteiger charge is 2.16. The second-order valence-corrected chi connectivity index (χ2v) is 7.00. The van der Waals surface area contributed by atoms with Crippen LogP contribution in [0, 0.1) is 11.8 Å². The van der Waals surface area contributed by atoms with Gasteiger partial charge in [0.2, 0.25) is 10.0 Å². The van der Waals surface area contributed by atoms with Crippen LogP contribution < -0.4 is 5.73 Å². The van der Waals surface area contributed by atoms with Crippen LogP contribution in [0.15, 0.2) is 11.4 Å². The quantitative estimate of drug-likeness (QED) is 0.828. The first-order valence-corrected chi connectivity index (χ1v) is 8.19. The number of hydrogen-bond acceptors (Lipinski definition) is 4. The summed E-state index contributed by atoms with van der Waals surface area (Å²) in [7, 11) is -1.53. The monoisotopic (exact) mass is 286 g/mol. The van der Waals surface area contributed by atoms with Crippen LogP contribution in [0.4, 0.5) is 0 Å². The fourth-order valence-electron chi connectivity index (χ4n) is 1.43. The fraction of sp³-hybridized carbons (Fsp3) is 0.500. The van der Waals surface area contributed by atoms with E-state index in [0.717, 1.165) is 10.4 Å². The van der Waals surface area contributed by atoms with Gasteiger partial charge in [0, 0.05) is 13.6 Å². The second-order valence-electron chi connectivity index (χ2n) is 3.90. The van der Waals surface area contributed by atoms with Gasteiger partial charge in [-0.25, -0.2) is 12.7 Å². The van der Waals surface area contributed by atoms with E-state index >= 15 is 0 Å². The van der Waals surface area contributed by atoms with Crippen molar-refractivity contribution in [2.24, 2.45) is 5.73 Å². The molecule has 0 saturated carbocycles. The minimum absolute atomic E-state index is 0.188. The van der Waals surface area contributed by atoms with Crippen LogP contribution in [0.2, 0.25) is 0 Å². The molecule has 0 radical (unpaired) electrons. The highest BCUT2D eigenvalue weighted by atomic mass is 32.2. The van der Waals surface area contributed by atoms with E-state index in [2.05, 4.69) is 11.8 Å². The Bertz CT molecular complexity index is 538. The average Bonchev–Trinajstić information content (AvgIpc) is 2.74. The molecule has 2 N–H and O–H groups in total. The summed E-state index contributed by atoms with van der Waals surface area (Å²) in [6, 6.07) is 1.91. The Hall–Kier alpha value is -0.870. The zero-order valence-electron chi connectivity index (χ0n) is 10.6. The molecule has 1 rings (SSSR count). The van der Waals surface area contributed by atoms with Crippen LogP contribution in [0.1, 0.15) is 23.8 Å². The van der Waals surface area contributed by atoms with E-state index in [-0.39, 0.29) is 5.75 Å². The number of thiophene rings is 1. The zero-order chi connectivity index (χ0) is 13.6. The van der Waals surface area contributed by atoms with Crippen LogP contribution in [-0.2, 0) is 16.6 Å². The van der Waals surface area contributed by atoms with Crippen molar-refractivity contribution >= 4 is 21.4 Å². The first-order valence-electron chi connectivity index (χ1n) is 5.70. The molecule has 0 unspecified atom stereocenters. The smallest absolute Gasteiger partial charge is 0.214 e. The Labute approximate surface area is 113 Å². The van der Waals surface area contributed by atoms with Crippen molar-refractivity contribution in [2.75, 3.05) is 19.3 Å². The molecule has 0 saturated heterocycles. The van der Waals surface area contributed by atoms with Gasteiger partial charge in [-0.05, 0) is 23.4 Å². The van der Waals surface area contributed by atoms with E-state index in [1.165, 1.54) is 15.6 Å². The van der Waals surface area contributed by atoms with E-state index in [4.69, 9.17) is 5.73 Å². The maximum absolute atomic E-state index is 11.8. The molecule has 0 fully saturated rings. The van der Waals surface area contributed by atoms with Gasteiger partial charge in [0.15, 0.2) is 0 Å². The SMILES string of the molecule is CCCS(=O)(=O)N(C)Cc1csc(C#CCN)c1. The predicted molar refractivity (Wildman–Crippen MR) is 75.8 cm³/mol. The first-order chi connectivity index (χ1) is 8.49. The first kappa shape index (κ1) is 15.2. The van der Waals surface area contributed by atoms with Gasteiger partial charge < -0.3 is 5.73 Å². The third kappa shape index (κ3) is 4.42. The minimum Gasteiger partial charge on any atom is -0.320 e. The molecule has 0 aliphatic heterocycles. The van der Waals surface area contributed by atoms with E-state index in [0.29, 0.717) is 19.5 Å². The molecule has 1 aromatic heterocycles. The summed E-state index contributed by atoms with van der Waals surface area (Å²) in [5, 5.41) is 1.93. The molecule has 4 nitrogen and oxygen atoms in total. The van der Waals surface area contributed by atoms with Gasteiger partial charge in [-0.1, -0.05) is 18.8 Å². The lowest BCUT2D eigenvalue weighted by Gasteiger charge is -2.15. The second kappa shape index (κ2) is 6.90. The zero-order valence-corrected chi connectivity index (χ0v) is 12.3. The number of nitrogens with two attached hydrogens (primary N) is 1. The van der Waals surface area contributed by atoms with Gasteiger partial charge in [0.05, 0.1) is 17.2 Å². The summed E-state index contributed by atoms with van der Waals surface area (Å²) < 4.78 is 25.0. The molecule has 0 aromatic carbocycles. The fourth-order valence-corrected chi connectivity index (χ4v) is 3.38. The largest absolute Gasteiger partial charge is 0.320 e. The minimum atomic E-state index is -3.13. The highest BCUT2D eigenvalue weighted by molar-refractivity contribution is 7.89. The molecule has 100 valence electrons. The van der Waals surface area contributed by atoms with Crippen molar-refractivity contribution in [3.05, 3.63) is 21.9 Å².